The fourth-order valence-electron chi connectivity index (χ4n) is 2.82. The Bertz CT molecular complexity index is 703. The monoisotopic (exact) mass is 314 g/mol. The van der Waals surface area contributed by atoms with Gasteiger partial charge < -0.3 is 10.2 Å². The van der Waals surface area contributed by atoms with Gasteiger partial charge in [-0.3, -0.25) is 9.48 Å². The van der Waals surface area contributed by atoms with Gasteiger partial charge in [0, 0.05) is 32.0 Å². The van der Waals surface area contributed by atoms with Crippen molar-refractivity contribution in [2.75, 3.05) is 19.0 Å². The Morgan fingerprint density at radius 1 is 1.26 bits per heavy atom. The Balaban J connectivity index is 2.01. The van der Waals surface area contributed by atoms with Crippen LogP contribution in [0, 0.1) is 20.8 Å². The Hall–Kier alpha value is -2.30. The molecule has 0 aliphatic rings. The minimum absolute atomic E-state index is 0.0226. The smallest absolute Gasteiger partial charge is 0.244 e. The van der Waals surface area contributed by atoms with E-state index >= 15 is 0 Å². The van der Waals surface area contributed by atoms with Crippen LogP contribution in [0.3, 0.4) is 0 Å². The van der Waals surface area contributed by atoms with Crippen molar-refractivity contribution in [2.24, 2.45) is 0 Å². The maximum absolute atomic E-state index is 12.4. The predicted octanol–water partition coefficient (Wildman–Crippen LogP) is 2.75. The van der Waals surface area contributed by atoms with Crippen LogP contribution in [0.4, 0.5) is 5.69 Å². The van der Waals surface area contributed by atoms with Gasteiger partial charge in [-0.05, 0) is 51.0 Å². The normalized spacial score (nSPS) is 12.1. The minimum Gasteiger partial charge on any atom is -0.377 e. The highest BCUT2D eigenvalue weighted by Gasteiger charge is 2.17. The van der Waals surface area contributed by atoms with Crippen LogP contribution in [0.15, 0.2) is 24.3 Å². The van der Waals surface area contributed by atoms with E-state index in [1.807, 2.05) is 40.9 Å². The SMILES string of the molecule is Cc1cc(C)n([C@@H](C)C(=O)NCc2ccc(N(C)C)c(C)c2)n1. The summed E-state index contributed by atoms with van der Waals surface area (Å²) in [5.74, 6) is -0.0226. The van der Waals surface area contributed by atoms with Crippen LogP contribution in [0.5, 0.6) is 0 Å². The van der Waals surface area contributed by atoms with E-state index < -0.39 is 0 Å². The quantitative estimate of drug-likeness (QED) is 0.923. The third-order valence-corrected chi connectivity index (χ3v) is 4.00. The Morgan fingerprint density at radius 3 is 2.48 bits per heavy atom. The zero-order valence-electron chi connectivity index (χ0n) is 14.8. The van der Waals surface area contributed by atoms with Crippen LogP contribution < -0.4 is 10.2 Å². The molecule has 0 bridgehead atoms. The first kappa shape index (κ1) is 17.1. The number of carbonyl (C=O) groups excluding carboxylic acids is 1. The second-order valence-electron chi connectivity index (χ2n) is 6.28. The molecule has 0 unspecified atom stereocenters. The molecule has 0 saturated carbocycles. The molecule has 23 heavy (non-hydrogen) atoms. The number of benzene rings is 1. The number of hydrogen-bond acceptors (Lipinski definition) is 3. The molecule has 2 rings (SSSR count). The molecule has 0 spiro atoms. The van der Waals surface area contributed by atoms with Gasteiger partial charge >= 0.3 is 0 Å². The number of aryl methyl sites for hydroxylation is 3. The highest BCUT2D eigenvalue weighted by Crippen LogP contribution is 2.19. The number of amides is 1. The van der Waals surface area contributed by atoms with Crippen LogP contribution in [-0.4, -0.2) is 29.8 Å². The minimum atomic E-state index is -0.314. The van der Waals surface area contributed by atoms with Crippen molar-refractivity contribution < 1.29 is 4.79 Å². The number of anilines is 1. The zero-order chi connectivity index (χ0) is 17.1. The van der Waals surface area contributed by atoms with Crippen LogP contribution in [0.2, 0.25) is 0 Å². The van der Waals surface area contributed by atoms with E-state index in [1.54, 1.807) is 4.68 Å². The fraction of sp³-hybridized carbons (Fsp3) is 0.444. The maximum atomic E-state index is 12.4. The lowest BCUT2D eigenvalue weighted by Gasteiger charge is -2.17. The van der Waals surface area contributed by atoms with Crippen LogP contribution in [-0.2, 0) is 11.3 Å². The summed E-state index contributed by atoms with van der Waals surface area (Å²) in [6.45, 7) is 8.38. The summed E-state index contributed by atoms with van der Waals surface area (Å²) < 4.78 is 1.77. The number of nitrogens with one attached hydrogen (secondary N) is 1. The second-order valence-corrected chi connectivity index (χ2v) is 6.28. The zero-order valence-corrected chi connectivity index (χ0v) is 14.8. The van der Waals surface area contributed by atoms with Gasteiger partial charge in [-0.25, -0.2) is 0 Å². The molecule has 1 heterocycles. The van der Waals surface area contributed by atoms with Gasteiger partial charge in [0.1, 0.15) is 6.04 Å². The molecule has 5 nitrogen and oxygen atoms in total. The first-order valence-corrected chi connectivity index (χ1v) is 7.87. The lowest BCUT2D eigenvalue weighted by atomic mass is 10.1. The largest absolute Gasteiger partial charge is 0.377 e. The molecule has 124 valence electrons. The summed E-state index contributed by atoms with van der Waals surface area (Å²) in [5, 5.41) is 7.38. The lowest BCUT2D eigenvalue weighted by molar-refractivity contribution is -0.124. The first-order chi connectivity index (χ1) is 10.8. The molecule has 1 N–H and O–H groups in total. The number of hydrogen-bond donors (Lipinski definition) is 1. The van der Waals surface area contributed by atoms with Crippen molar-refractivity contribution in [1.82, 2.24) is 15.1 Å². The standard InChI is InChI=1S/C18H26N4O/c1-12-9-16(7-8-17(12)21(5)6)11-19-18(23)15(4)22-14(3)10-13(2)20-22/h7-10,15H,11H2,1-6H3,(H,19,23)/t15-/m0/s1. The fourth-order valence-corrected chi connectivity index (χ4v) is 2.82. The molecule has 0 aliphatic carbocycles. The van der Waals surface area contributed by atoms with Gasteiger partial charge in [-0.2, -0.15) is 5.10 Å². The van der Waals surface area contributed by atoms with E-state index in [-0.39, 0.29) is 11.9 Å². The molecule has 5 heteroatoms. The number of carbonyl (C=O) groups is 1. The molecule has 0 radical (unpaired) electrons. The van der Waals surface area contributed by atoms with Gasteiger partial charge in [-0.1, -0.05) is 12.1 Å². The Morgan fingerprint density at radius 2 is 1.96 bits per heavy atom. The average molecular weight is 314 g/mol. The molecule has 1 amide bonds. The van der Waals surface area contributed by atoms with Crippen molar-refractivity contribution in [2.45, 2.75) is 40.3 Å². The molecule has 0 fully saturated rings. The molecule has 0 aliphatic heterocycles. The van der Waals surface area contributed by atoms with Gasteiger partial charge in [0.25, 0.3) is 0 Å². The summed E-state index contributed by atoms with van der Waals surface area (Å²) in [6.07, 6.45) is 0. The highest BCUT2D eigenvalue weighted by atomic mass is 16.2. The number of nitrogens with zero attached hydrogens (tertiary/aromatic N) is 3. The molecule has 1 atom stereocenters. The van der Waals surface area contributed by atoms with E-state index in [2.05, 4.69) is 40.4 Å². The predicted molar refractivity (Wildman–Crippen MR) is 93.8 cm³/mol. The highest BCUT2D eigenvalue weighted by molar-refractivity contribution is 5.79. The molecule has 1 aromatic carbocycles. The van der Waals surface area contributed by atoms with E-state index in [0.717, 1.165) is 17.0 Å². The van der Waals surface area contributed by atoms with Crippen molar-refractivity contribution >= 4 is 11.6 Å². The van der Waals surface area contributed by atoms with Crippen molar-refractivity contribution in [3.63, 3.8) is 0 Å². The molecule has 0 saturated heterocycles. The molecule has 2 aromatic rings. The third-order valence-electron chi connectivity index (χ3n) is 4.00. The topological polar surface area (TPSA) is 50.2 Å². The first-order valence-electron chi connectivity index (χ1n) is 7.87. The molecule has 1 aromatic heterocycles. The van der Waals surface area contributed by atoms with E-state index in [0.29, 0.717) is 6.54 Å². The second kappa shape index (κ2) is 6.86. The average Bonchev–Trinajstić information content (AvgIpc) is 2.82. The summed E-state index contributed by atoms with van der Waals surface area (Å²) in [6, 6.07) is 7.92. The molecular weight excluding hydrogens is 288 g/mol. The Labute approximate surface area is 138 Å². The van der Waals surface area contributed by atoms with Gasteiger partial charge in [0.2, 0.25) is 5.91 Å². The number of rotatable bonds is 5. The lowest BCUT2D eigenvalue weighted by Crippen LogP contribution is -2.31. The summed E-state index contributed by atoms with van der Waals surface area (Å²) >= 11 is 0. The van der Waals surface area contributed by atoms with Crippen molar-refractivity contribution in [3.8, 4) is 0 Å². The van der Waals surface area contributed by atoms with Crippen LogP contribution >= 0.6 is 0 Å². The van der Waals surface area contributed by atoms with E-state index in [4.69, 9.17) is 0 Å². The summed E-state index contributed by atoms with van der Waals surface area (Å²) in [5.41, 5.74) is 5.42. The van der Waals surface area contributed by atoms with Gasteiger partial charge in [0.15, 0.2) is 0 Å². The Kier molecular flexibility index (Phi) is 5.08. The summed E-state index contributed by atoms with van der Waals surface area (Å²) in [4.78, 5) is 14.4. The van der Waals surface area contributed by atoms with E-state index in [9.17, 15) is 4.79 Å². The molecular formula is C18H26N4O. The van der Waals surface area contributed by atoms with Gasteiger partial charge in [0.05, 0.1) is 5.69 Å². The summed E-state index contributed by atoms with van der Waals surface area (Å²) in [7, 11) is 4.06. The third kappa shape index (κ3) is 3.92. The van der Waals surface area contributed by atoms with Crippen LogP contribution in [0.25, 0.3) is 0 Å². The van der Waals surface area contributed by atoms with Crippen molar-refractivity contribution in [3.05, 3.63) is 46.8 Å². The van der Waals surface area contributed by atoms with Crippen molar-refractivity contribution in [1.29, 1.82) is 0 Å². The van der Waals surface area contributed by atoms with E-state index in [1.165, 1.54) is 11.3 Å². The number of aromatic nitrogens is 2. The van der Waals surface area contributed by atoms with Gasteiger partial charge in [-0.15, -0.1) is 0 Å². The van der Waals surface area contributed by atoms with Crippen LogP contribution in [0.1, 0.15) is 35.5 Å². The maximum Gasteiger partial charge on any atom is 0.244 e.